The number of nitrogens with one attached hydrogen (secondary N) is 2. The van der Waals surface area contributed by atoms with E-state index in [9.17, 15) is 0 Å². The van der Waals surface area contributed by atoms with Crippen molar-refractivity contribution in [2.75, 3.05) is 27.8 Å². The van der Waals surface area contributed by atoms with E-state index >= 15 is 0 Å². The molecule has 2 rings (SSSR count). The lowest BCUT2D eigenvalue weighted by Gasteiger charge is -2.12. The molecule has 0 aliphatic heterocycles. The zero-order chi connectivity index (χ0) is 18.2. The number of ether oxygens (including phenoxy) is 2. The Morgan fingerprint density at radius 1 is 1.16 bits per heavy atom. The minimum Gasteiger partial charge on any atom is -0.493 e. The van der Waals surface area contributed by atoms with Gasteiger partial charge in [-0.05, 0) is 38.0 Å². The van der Waals surface area contributed by atoms with Crippen molar-refractivity contribution in [2.24, 2.45) is 4.99 Å². The molecule has 0 amide bonds. The first-order valence-electron chi connectivity index (χ1n) is 8.15. The van der Waals surface area contributed by atoms with E-state index in [0.29, 0.717) is 0 Å². The van der Waals surface area contributed by atoms with Gasteiger partial charge in [0.2, 0.25) is 0 Å². The standard InChI is InChI=1S/C18H26N4O2S/c1-12-17(25-13(2)22-12)11-21-18(19-3)20-9-8-14-6-7-15(23-4)16(10-14)24-5/h6-7,10H,8-9,11H2,1-5H3,(H2,19,20,21). The van der Waals surface area contributed by atoms with Gasteiger partial charge in [0.25, 0.3) is 0 Å². The summed E-state index contributed by atoms with van der Waals surface area (Å²) in [6.45, 7) is 5.56. The van der Waals surface area contributed by atoms with E-state index in [2.05, 4.69) is 20.6 Å². The van der Waals surface area contributed by atoms with Crippen LogP contribution < -0.4 is 20.1 Å². The largest absolute Gasteiger partial charge is 0.493 e. The molecule has 7 heteroatoms. The average molecular weight is 362 g/mol. The van der Waals surface area contributed by atoms with Crippen LogP contribution in [0.1, 0.15) is 21.1 Å². The Morgan fingerprint density at radius 2 is 1.92 bits per heavy atom. The number of aliphatic imine (C=N–C) groups is 1. The van der Waals surface area contributed by atoms with Crippen molar-refractivity contribution < 1.29 is 9.47 Å². The summed E-state index contributed by atoms with van der Waals surface area (Å²) in [5, 5.41) is 7.75. The van der Waals surface area contributed by atoms with Crippen LogP contribution in [-0.4, -0.2) is 38.8 Å². The molecule has 0 radical (unpaired) electrons. The zero-order valence-corrected chi connectivity index (χ0v) is 16.3. The first-order valence-corrected chi connectivity index (χ1v) is 8.97. The first kappa shape index (κ1) is 19.1. The normalized spacial score (nSPS) is 11.3. The predicted molar refractivity (Wildman–Crippen MR) is 103 cm³/mol. The van der Waals surface area contributed by atoms with Crippen molar-refractivity contribution in [2.45, 2.75) is 26.8 Å². The maximum Gasteiger partial charge on any atom is 0.191 e. The molecule has 0 unspecified atom stereocenters. The van der Waals surface area contributed by atoms with Crippen molar-refractivity contribution in [1.82, 2.24) is 15.6 Å². The van der Waals surface area contributed by atoms with Gasteiger partial charge in [-0.2, -0.15) is 0 Å². The monoisotopic (exact) mass is 362 g/mol. The lowest BCUT2D eigenvalue weighted by Crippen LogP contribution is -2.37. The van der Waals surface area contributed by atoms with E-state index in [0.717, 1.165) is 47.7 Å². The lowest BCUT2D eigenvalue weighted by atomic mass is 10.1. The third-order valence-electron chi connectivity index (χ3n) is 3.79. The molecule has 6 nitrogen and oxygen atoms in total. The van der Waals surface area contributed by atoms with Crippen molar-refractivity contribution in [3.05, 3.63) is 39.3 Å². The summed E-state index contributed by atoms with van der Waals surface area (Å²) >= 11 is 1.71. The average Bonchev–Trinajstić information content (AvgIpc) is 2.95. The van der Waals surface area contributed by atoms with E-state index < -0.39 is 0 Å². The highest BCUT2D eigenvalue weighted by Gasteiger charge is 2.07. The van der Waals surface area contributed by atoms with Gasteiger partial charge >= 0.3 is 0 Å². The number of nitrogens with zero attached hydrogens (tertiary/aromatic N) is 2. The predicted octanol–water partition coefficient (Wildman–Crippen LogP) is 2.68. The number of methoxy groups -OCH3 is 2. The summed E-state index contributed by atoms with van der Waals surface area (Å²) in [4.78, 5) is 9.95. The Labute approximate surface area is 153 Å². The number of guanidine groups is 1. The molecule has 1 aromatic heterocycles. The van der Waals surface area contributed by atoms with Gasteiger partial charge in [-0.15, -0.1) is 11.3 Å². The van der Waals surface area contributed by atoms with Crippen molar-refractivity contribution >= 4 is 17.3 Å². The van der Waals surface area contributed by atoms with Gasteiger partial charge in [-0.25, -0.2) is 4.98 Å². The quantitative estimate of drug-likeness (QED) is 0.585. The molecule has 136 valence electrons. The van der Waals surface area contributed by atoms with Crippen LogP contribution in [0.2, 0.25) is 0 Å². The van der Waals surface area contributed by atoms with Crippen LogP contribution in [-0.2, 0) is 13.0 Å². The summed E-state index contributed by atoms with van der Waals surface area (Å²) < 4.78 is 10.6. The van der Waals surface area contributed by atoms with Crippen molar-refractivity contribution in [3.8, 4) is 11.5 Å². The molecule has 0 bridgehead atoms. The number of benzene rings is 1. The van der Waals surface area contributed by atoms with Gasteiger partial charge in [0, 0.05) is 18.5 Å². The van der Waals surface area contributed by atoms with Gasteiger partial charge < -0.3 is 20.1 Å². The number of aryl methyl sites for hydroxylation is 2. The molecule has 0 atom stereocenters. The minimum absolute atomic E-state index is 0.730. The maximum absolute atomic E-state index is 5.34. The van der Waals surface area contributed by atoms with E-state index in [1.54, 1.807) is 32.6 Å². The molecular formula is C18H26N4O2S. The van der Waals surface area contributed by atoms with Crippen molar-refractivity contribution in [1.29, 1.82) is 0 Å². The number of hydrogen-bond acceptors (Lipinski definition) is 5. The Bertz CT molecular complexity index is 728. The highest BCUT2D eigenvalue weighted by molar-refractivity contribution is 7.11. The summed E-state index contributed by atoms with van der Waals surface area (Å²) in [6, 6.07) is 5.97. The summed E-state index contributed by atoms with van der Waals surface area (Å²) in [5.74, 6) is 2.27. The smallest absolute Gasteiger partial charge is 0.191 e. The molecule has 0 aliphatic carbocycles. The third-order valence-corrected chi connectivity index (χ3v) is 4.87. The van der Waals surface area contributed by atoms with Crippen LogP contribution in [0.15, 0.2) is 23.2 Å². The van der Waals surface area contributed by atoms with Crippen LogP contribution in [0.4, 0.5) is 0 Å². The second-order valence-electron chi connectivity index (χ2n) is 5.53. The fourth-order valence-electron chi connectivity index (χ4n) is 2.48. The lowest BCUT2D eigenvalue weighted by molar-refractivity contribution is 0.354. The van der Waals surface area contributed by atoms with E-state index in [4.69, 9.17) is 9.47 Å². The van der Waals surface area contributed by atoms with Gasteiger partial charge in [0.05, 0.1) is 31.5 Å². The molecule has 25 heavy (non-hydrogen) atoms. The Balaban J connectivity index is 1.84. The minimum atomic E-state index is 0.730. The second-order valence-corrected chi connectivity index (χ2v) is 6.82. The molecule has 1 aromatic carbocycles. The maximum atomic E-state index is 5.34. The molecule has 0 fully saturated rings. The summed E-state index contributed by atoms with van der Waals surface area (Å²) in [7, 11) is 5.06. The summed E-state index contributed by atoms with van der Waals surface area (Å²) in [5.41, 5.74) is 2.25. The fraction of sp³-hybridized carbons (Fsp3) is 0.444. The van der Waals surface area contributed by atoms with Gasteiger partial charge in [0.15, 0.2) is 17.5 Å². The summed E-state index contributed by atoms with van der Waals surface area (Å²) in [6.07, 6.45) is 0.861. The molecule has 2 aromatic rings. The molecule has 2 N–H and O–H groups in total. The van der Waals surface area contributed by atoms with Gasteiger partial charge in [-0.3, -0.25) is 4.99 Å². The highest BCUT2D eigenvalue weighted by Crippen LogP contribution is 2.27. The van der Waals surface area contributed by atoms with E-state index in [1.807, 2.05) is 32.0 Å². The number of rotatable bonds is 7. The molecule has 0 aliphatic rings. The molecule has 0 spiro atoms. The zero-order valence-electron chi connectivity index (χ0n) is 15.5. The van der Waals surface area contributed by atoms with Crippen LogP contribution >= 0.6 is 11.3 Å². The van der Waals surface area contributed by atoms with Crippen LogP contribution in [0.5, 0.6) is 11.5 Å². The topological polar surface area (TPSA) is 67.8 Å². The van der Waals surface area contributed by atoms with Gasteiger partial charge in [0.1, 0.15) is 0 Å². The second kappa shape index (κ2) is 9.27. The Morgan fingerprint density at radius 3 is 2.52 bits per heavy atom. The van der Waals surface area contributed by atoms with E-state index in [1.165, 1.54) is 10.4 Å². The molecule has 0 saturated heterocycles. The number of thiazole rings is 1. The molecule has 1 heterocycles. The highest BCUT2D eigenvalue weighted by atomic mass is 32.1. The first-order chi connectivity index (χ1) is 12.1. The Hall–Kier alpha value is -2.28. The van der Waals surface area contributed by atoms with Crippen molar-refractivity contribution in [3.63, 3.8) is 0 Å². The Kier molecular flexibility index (Phi) is 7.06. The number of aromatic nitrogens is 1. The fourth-order valence-corrected chi connectivity index (χ4v) is 3.36. The molecule has 0 saturated carbocycles. The third kappa shape index (κ3) is 5.35. The molecular weight excluding hydrogens is 336 g/mol. The van der Waals surface area contributed by atoms with Gasteiger partial charge in [-0.1, -0.05) is 6.07 Å². The van der Waals surface area contributed by atoms with Crippen LogP contribution in [0, 0.1) is 13.8 Å². The van der Waals surface area contributed by atoms with E-state index in [-0.39, 0.29) is 0 Å². The van der Waals surface area contributed by atoms with Crippen LogP contribution in [0.3, 0.4) is 0 Å². The van der Waals surface area contributed by atoms with Crippen LogP contribution in [0.25, 0.3) is 0 Å². The number of hydrogen-bond donors (Lipinski definition) is 2. The SMILES string of the molecule is CN=C(NCCc1ccc(OC)c(OC)c1)NCc1sc(C)nc1C.